The quantitative estimate of drug-likeness (QED) is 0.800. The van der Waals surface area contributed by atoms with Gasteiger partial charge in [-0.1, -0.05) is 12.1 Å². The Labute approximate surface area is 114 Å². The van der Waals surface area contributed by atoms with E-state index in [2.05, 4.69) is 5.10 Å². The van der Waals surface area contributed by atoms with E-state index in [9.17, 15) is 14.0 Å². The van der Waals surface area contributed by atoms with Crippen LogP contribution in [0.3, 0.4) is 0 Å². The van der Waals surface area contributed by atoms with E-state index in [1.165, 1.54) is 4.68 Å². The Bertz CT molecular complexity index is 673. The minimum atomic E-state index is -0.674. The highest BCUT2D eigenvalue weighted by Crippen LogP contribution is 2.24. The molecule has 0 radical (unpaired) electrons. The van der Waals surface area contributed by atoms with Gasteiger partial charge in [0.1, 0.15) is 6.67 Å². The van der Waals surface area contributed by atoms with E-state index >= 15 is 0 Å². The number of amides is 2. The van der Waals surface area contributed by atoms with Gasteiger partial charge in [0.05, 0.1) is 23.4 Å². The number of rotatable bonds is 3. The van der Waals surface area contributed by atoms with Crippen molar-refractivity contribution in [1.29, 1.82) is 0 Å². The van der Waals surface area contributed by atoms with Crippen molar-refractivity contribution < 1.29 is 14.0 Å². The summed E-state index contributed by atoms with van der Waals surface area (Å²) in [6, 6.07) is 6.65. The molecule has 0 saturated carbocycles. The molecule has 3 rings (SSSR count). The van der Waals surface area contributed by atoms with Gasteiger partial charge in [-0.3, -0.25) is 19.2 Å². The van der Waals surface area contributed by atoms with Crippen molar-refractivity contribution in [1.82, 2.24) is 14.7 Å². The third kappa shape index (κ3) is 1.80. The van der Waals surface area contributed by atoms with Gasteiger partial charge in [-0.15, -0.1) is 0 Å². The molecule has 1 aromatic heterocycles. The zero-order valence-electron chi connectivity index (χ0n) is 10.8. The number of imide groups is 1. The van der Waals surface area contributed by atoms with Crippen LogP contribution < -0.4 is 0 Å². The number of aryl methyl sites for hydroxylation is 1. The summed E-state index contributed by atoms with van der Waals surface area (Å²) in [7, 11) is 1.67. The summed E-state index contributed by atoms with van der Waals surface area (Å²) in [5, 5.41) is 4.11. The summed E-state index contributed by atoms with van der Waals surface area (Å²) in [4.78, 5) is 25.5. The second-order valence-corrected chi connectivity index (χ2v) is 4.65. The maximum Gasteiger partial charge on any atom is 0.261 e. The molecule has 0 saturated heterocycles. The predicted octanol–water partition coefficient (Wildman–Crippen LogP) is 1.69. The van der Waals surface area contributed by atoms with Gasteiger partial charge in [-0.25, -0.2) is 4.39 Å². The van der Waals surface area contributed by atoms with Crippen molar-refractivity contribution in [3.8, 4) is 0 Å². The average Bonchev–Trinajstić information content (AvgIpc) is 2.93. The summed E-state index contributed by atoms with van der Waals surface area (Å²) in [6.45, 7) is -0.682. The van der Waals surface area contributed by atoms with E-state index in [1.807, 2.05) is 0 Å². The Morgan fingerprint density at radius 3 is 2.30 bits per heavy atom. The molecule has 1 aliphatic rings. The molecular formula is C14H12FN3O2. The summed E-state index contributed by atoms with van der Waals surface area (Å²) in [5.74, 6) is -0.720. The van der Waals surface area contributed by atoms with Gasteiger partial charge in [-0.2, -0.15) is 5.10 Å². The van der Waals surface area contributed by atoms with Crippen LogP contribution >= 0.6 is 0 Å². The van der Waals surface area contributed by atoms with Gasteiger partial charge >= 0.3 is 0 Å². The van der Waals surface area contributed by atoms with Gasteiger partial charge < -0.3 is 0 Å². The molecule has 2 aromatic rings. The molecule has 2 heterocycles. The summed E-state index contributed by atoms with van der Waals surface area (Å²) in [6.07, 6.45) is 1.55. The van der Waals surface area contributed by atoms with Crippen molar-refractivity contribution in [2.24, 2.45) is 7.05 Å². The fourth-order valence-electron chi connectivity index (χ4n) is 2.36. The van der Waals surface area contributed by atoms with Crippen LogP contribution in [0.1, 0.15) is 32.0 Å². The molecule has 6 heteroatoms. The van der Waals surface area contributed by atoms with Gasteiger partial charge in [0.2, 0.25) is 0 Å². The lowest BCUT2D eigenvalue weighted by atomic mass is 10.1. The third-order valence-corrected chi connectivity index (χ3v) is 3.32. The van der Waals surface area contributed by atoms with Crippen LogP contribution in [0.4, 0.5) is 4.39 Å². The topological polar surface area (TPSA) is 55.2 Å². The molecule has 0 atom stereocenters. The maximum atomic E-state index is 12.9. The highest BCUT2D eigenvalue weighted by molar-refractivity contribution is 6.21. The minimum Gasteiger partial charge on any atom is -0.275 e. The van der Waals surface area contributed by atoms with E-state index in [4.69, 9.17) is 0 Å². The number of hydrogen-bond acceptors (Lipinski definition) is 3. The van der Waals surface area contributed by atoms with Crippen LogP contribution in [0.15, 0.2) is 30.5 Å². The molecular weight excluding hydrogens is 261 g/mol. The minimum absolute atomic E-state index is 0.00750. The first-order valence-corrected chi connectivity index (χ1v) is 6.14. The number of fused-ring (bicyclic) bond motifs is 1. The Balaban J connectivity index is 1.93. The smallest absolute Gasteiger partial charge is 0.261 e. The van der Waals surface area contributed by atoms with Crippen LogP contribution in [0.5, 0.6) is 0 Å². The predicted molar refractivity (Wildman–Crippen MR) is 68.7 cm³/mol. The van der Waals surface area contributed by atoms with Crippen molar-refractivity contribution >= 4 is 11.8 Å². The number of halogens is 1. The molecule has 2 amide bonds. The largest absolute Gasteiger partial charge is 0.275 e. The van der Waals surface area contributed by atoms with Crippen LogP contribution in [-0.4, -0.2) is 26.5 Å². The highest BCUT2D eigenvalue weighted by Gasteiger charge is 2.35. The van der Waals surface area contributed by atoms with E-state index in [-0.39, 0.29) is 18.4 Å². The average molecular weight is 273 g/mol. The number of aromatic nitrogens is 2. The second-order valence-electron chi connectivity index (χ2n) is 4.65. The number of benzene rings is 1. The Morgan fingerprint density at radius 1 is 1.15 bits per heavy atom. The van der Waals surface area contributed by atoms with Crippen molar-refractivity contribution in [3.05, 3.63) is 52.8 Å². The molecule has 0 bridgehead atoms. The lowest BCUT2D eigenvalue weighted by Crippen LogP contribution is -2.29. The third-order valence-electron chi connectivity index (χ3n) is 3.32. The number of hydrogen-bond donors (Lipinski definition) is 0. The summed E-state index contributed by atoms with van der Waals surface area (Å²) >= 11 is 0. The van der Waals surface area contributed by atoms with E-state index in [1.54, 1.807) is 37.5 Å². The number of alkyl halides is 1. The van der Waals surface area contributed by atoms with Crippen molar-refractivity contribution in [2.75, 3.05) is 0 Å². The van der Waals surface area contributed by atoms with Crippen molar-refractivity contribution in [2.45, 2.75) is 13.2 Å². The van der Waals surface area contributed by atoms with E-state index < -0.39 is 6.67 Å². The molecule has 5 nitrogen and oxygen atoms in total. The first-order chi connectivity index (χ1) is 9.61. The second kappa shape index (κ2) is 4.56. The molecule has 20 heavy (non-hydrogen) atoms. The SMILES string of the molecule is Cn1cc(CF)c(CN2C(=O)c3ccccc3C2=O)n1. The van der Waals surface area contributed by atoms with Crippen LogP contribution in [-0.2, 0) is 20.3 Å². The molecule has 0 spiro atoms. The van der Waals surface area contributed by atoms with Gasteiger partial charge in [0.25, 0.3) is 11.8 Å². The zero-order valence-corrected chi connectivity index (χ0v) is 10.8. The zero-order chi connectivity index (χ0) is 14.3. The molecule has 1 aliphatic heterocycles. The first kappa shape index (κ1) is 12.5. The highest BCUT2D eigenvalue weighted by atomic mass is 19.1. The molecule has 0 N–H and O–H groups in total. The lowest BCUT2D eigenvalue weighted by Gasteiger charge is -2.12. The lowest BCUT2D eigenvalue weighted by molar-refractivity contribution is 0.0639. The van der Waals surface area contributed by atoms with Crippen LogP contribution in [0, 0.1) is 0 Å². The standard InChI is InChI=1S/C14H12FN3O2/c1-17-7-9(6-15)12(16-17)8-18-13(19)10-4-2-3-5-11(10)14(18)20/h2-5,7H,6,8H2,1H3. The van der Waals surface area contributed by atoms with E-state index in [0.717, 1.165) is 4.90 Å². The summed E-state index contributed by atoms with van der Waals surface area (Å²) in [5.41, 5.74) is 1.57. The molecule has 0 aliphatic carbocycles. The Morgan fingerprint density at radius 2 is 1.75 bits per heavy atom. The fraction of sp³-hybridized carbons (Fsp3) is 0.214. The molecule has 0 unspecified atom stereocenters. The van der Waals surface area contributed by atoms with Crippen LogP contribution in [0.2, 0.25) is 0 Å². The van der Waals surface area contributed by atoms with Gasteiger partial charge in [0, 0.05) is 18.8 Å². The fourth-order valence-corrected chi connectivity index (χ4v) is 2.36. The summed E-state index contributed by atoms with van der Waals surface area (Å²) < 4.78 is 14.4. The number of carbonyl (C=O) groups excluding carboxylic acids is 2. The van der Waals surface area contributed by atoms with Crippen molar-refractivity contribution in [3.63, 3.8) is 0 Å². The van der Waals surface area contributed by atoms with E-state index in [0.29, 0.717) is 22.4 Å². The number of nitrogens with zero attached hydrogens (tertiary/aromatic N) is 3. The molecule has 102 valence electrons. The van der Waals surface area contributed by atoms with Gasteiger partial charge in [0.15, 0.2) is 0 Å². The Hall–Kier alpha value is -2.50. The Kier molecular flexibility index (Phi) is 2.85. The molecule has 1 aromatic carbocycles. The first-order valence-electron chi connectivity index (χ1n) is 6.14. The normalized spacial score (nSPS) is 14.0. The maximum absolute atomic E-state index is 12.9. The number of carbonyl (C=O) groups is 2. The van der Waals surface area contributed by atoms with Crippen LogP contribution in [0.25, 0.3) is 0 Å². The monoisotopic (exact) mass is 273 g/mol. The van der Waals surface area contributed by atoms with Gasteiger partial charge in [-0.05, 0) is 12.1 Å². The molecule has 0 fully saturated rings.